The fourth-order valence-electron chi connectivity index (χ4n) is 5.12. The Morgan fingerprint density at radius 3 is 1.00 bits per heavy atom. The summed E-state index contributed by atoms with van der Waals surface area (Å²) in [7, 11) is -10.6. The SMILES string of the molecule is C.C[C@@H](CO)NP(=O)(Oc1ccccc1)Oc1ccccc1.C[C@@H](COCS)NP(=O)(Oc1ccccc1)Oc1ccccc1.C[C@H](N)CO.O=P(Oc1ccccc1)(Oc1ccccc1)N1CC1. The van der Waals surface area contributed by atoms with Crippen LogP contribution >= 0.6 is 35.9 Å². The molecule has 1 aliphatic heterocycles. The first-order valence-electron chi connectivity index (χ1n) is 21.5. The van der Waals surface area contributed by atoms with Gasteiger partial charge in [0.2, 0.25) is 0 Å². The number of nitrogens with one attached hydrogen (secondary N) is 2. The summed E-state index contributed by atoms with van der Waals surface area (Å²) < 4.78 is 79.0. The lowest BCUT2D eigenvalue weighted by Gasteiger charge is -2.23. The number of ether oxygens (including phenoxy) is 1. The van der Waals surface area contributed by atoms with E-state index in [9.17, 15) is 13.7 Å². The molecule has 20 heteroatoms. The molecule has 6 aromatic rings. The van der Waals surface area contributed by atoms with E-state index in [0.717, 1.165) is 13.1 Å². The number of nitrogens with zero attached hydrogens (tertiary/aromatic N) is 1. The summed E-state index contributed by atoms with van der Waals surface area (Å²) in [6.45, 7) is 6.98. The minimum atomic E-state index is -3.65. The molecule has 16 nitrogen and oxygen atoms in total. The predicted octanol–water partition coefficient (Wildman–Crippen LogP) is 10.9. The van der Waals surface area contributed by atoms with Crippen molar-refractivity contribution in [3.05, 3.63) is 182 Å². The van der Waals surface area contributed by atoms with Gasteiger partial charge >= 0.3 is 23.2 Å². The molecule has 1 saturated heterocycles. The first-order chi connectivity index (χ1) is 32.8. The van der Waals surface area contributed by atoms with Gasteiger partial charge < -0.3 is 47.8 Å². The molecule has 1 fully saturated rings. The van der Waals surface area contributed by atoms with Crippen LogP contribution < -0.4 is 43.1 Å². The quantitative estimate of drug-likeness (QED) is 0.0162. The van der Waals surface area contributed by atoms with Crippen LogP contribution in [0.1, 0.15) is 28.2 Å². The van der Waals surface area contributed by atoms with E-state index < -0.39 is 29.3 Å². The lowest BCUT2D eigenvalue weighted by molar-refractivity contribution is 0.163. The molecule has 0 saturated carbocycles. The number of para-hydroxylation sites is 6. The zero-order chi connectivity index (χ0) is 49.1. The number of hydrogen-bond acceptors (Lipinski definition) is 14. The summed E-state index contributed by atoms with van der Waals surface area (Å²) in [6.07, 6.45) is 0. The Morgan fingerprint density at radius 2 is 0.768 bits per heavy atom. The van der Waals surface area contributed by atoms with Crippen molar-refractivity contribution in [2.24, 2.45) is 5.73 Å². The number of aliphatic hydroxyl groups is 2. The summed E-state index contributed by atoms with van der Waals surface area (Å²) >= 11 is 3.99. The maximum atomic E-state index is 13.1. The van der Waals surface area contributed by atoms with Crippen molar-refractivity contribution in [2.45, 2.75) is 46.3 Å². The number of benzene rings is 6. The molecule has 0 amide bonds. The molecule has 3 atom stereocenters. The Hall–Kier alpha value is -5.12. The molecule has 0 aromatic heterocycles. The third kappa shape index (κ3) is 23.4. The van der Waals surface area contributed by atoms with E-state index in [2.05, 4.69) is 22.8 Å². The van der Waals surface area contributed by atoms with E-state index in [0.29, 0.717) is 41.1 Å². The van der Waals surface area contributed by atoms with Gasteiger partial charge in [-0.1, -0.05) is 117 Å². The molecule has 6 aromatic carbocycles. The standard InChI is InChI=1S/C16H20NO4PS.C15H18NO4P.C14H14NO3P.C3H9NO.CH4/c1-14(12-19-13-23)17-22(18,20-15-8-4-2-5-9-15)21-16-10-6-3-7-11-16;1-13(12-17)16-21(18,19-14-8-4-2-5-9-14)20-15-10-6-3-7-11-15;16-19(15-11-12-15,17-13-7-3-1-4-8-13)18-14-9-5-2-6-10-14;1-3(4)2-5;/h2-11,14,23H,12-13H2,1H3,(H,17,18);2-11,13,17H,12H2,1H3,(H,16,18);1-10H,11-12H2;3,5H,2,4H2,1H3;1H4/t14-;13-;;3-;/m00.0./s1. The zero-order valence-electron chi connectivity index (χ0n) is 38.1. The molecule has 0 aliphatic carbocycles. The van der Waals surface area contributed by atoms with Crippen molar-refractivity contribution < 1.29 is 55.8 Å². The Kier molecular flexibility index (Phi) is 26.3. The first kappa shape index (κ1) is 58.2. The lowest BCUT2D eigenvalue weighted by Crippen LogP contribution is -2.31. The van der Waals surface area contributed by atoms with Gasteiger partial charge in [-0.25, -0.2) is 13.7 Å². The highest BCUT2D eigenvalue weighted by atomic mass is 32.1. The molecule has 374 valence electrons. The minimum Gasteiger partial charge on any atom is -0.405 e. The summed E-state index contributed by atoms with van der Waals surface area (Å²) in [4.78, 5) is 0. The maximum Gasteiger partial charge on any atom is 0.515 e. The third-order valence-corrected chi connectivity index (χ3v) is 13.8. The van der Waals surface area contributed by atoms with Crippen LogP contribution in [0.2, 0.25) is 0 Å². The second kappa shape index (κ2) is 31.2. The van der Waals surface area contributed by atoms with Crippen LogP contribution in [0.15, 0.2) is 182 Å². The Bertz CT molecular complexity index is 2270. The Labute approximate surface area is 412 Å². The van der Waals surface area contributed by atoms with Gasteiger partial charge in [0.05, 0.1) is 25.8 Å². The topological polar surface area (TPSA) is 209 Å². The average molecular weight is 1030 g/mol. The first-order valence-corrected chi connectivity index (χ1v) is 26.7. The van der Waals surface area contributed by atoms with Crippen LogP contribution in [0.3, 0.4) is 0 Å². The fourth-order valence-corrected chi connectivity index (χ4v) is 9.97. The summed E-state index contributed by atoms with van der Waals surface area (Å²) in [6, 6.07) is 52.8. The smallest absolute Gasteiger partial charge is 0.405 e. The van der Waals surface area contributed by atoms with Crippen LogP contribution in [0, 0.1) is 0 Å². The minimum absolute atomic E-state index is 0. The maximum absolute atomic E-state index is 13.1. The molecule has 7 rings (SSSR count). The van der Waals surface area contributed by atoms with Crippen LogP contribution in [0.5, 0.6) is 34.5 Å². The Morgan fingerprint density at radius 1 is 0.507 bits per heavy atom. The van der Waals surface area contributed by atoms with E-state index >= 15 is 0 Å². The summed E-state index contributed by atoms with van der Waals surface area (Å²) in [5.74, 6) is 3.16. The van der Waals surface area contributed by atoms with E-state index in [1.165, 1.54) is 0 Å². The third-order valence-electron chi connectivity index (χ3n) is 8.35. The van der Waals surface area contributed by atoms with Crippen molar-refractivity contribution >= 4 is 35.9 Å². The molecule has 0 radical (unpaired) electrons. The highest BCUT2D eigenvalue weighted by molar-refractivity contribution is 7.80. The van der Waals surface area contributed by atoms with Crippen molar-refractivity contribution in [1.29, 1.82) is 0 Å². The second-order valence-electron chi connectivity index (χ2n) is 14.7. The van der Waals surface area contributed by atoms with Crippen molar-refractivity contribution in [3.63, 3.8) is 0 Å². The van der Waals surface area contributed by atoms with Gasteiger partial charge in [-0.3, -0.25) is 0 Å². The van der Waals surface area contributed by atoms with Crippen LogP contribution in [0.4, 0.5) is 0 Å². The highest BCUT2D eigenvalue weighted by Crippen LogP contribution is 2.55. The van der Waals surface area contributed by atoms with E-state index in [4.69, 9.17) is 47.8 Å². The molecule has 6 N–H and O–H groups in total. The highest BCUT2D eigenvalue weighted by Gasteiger charge is 2.44. The van der Waals surface area contributed by atoms with Crippen LogP contribution in [-0.2, 0) is 18.4 Å². The van der Waals surface area contributed by atoms with Crippen molar-refractivity contribution in [2.75, 3.05) is 38.8 Å². The van der Waals surface area contributed by atoms with Crippen molar-refractivity contribution in [3.8, 4) is 34.5 Å². The monoisotopic (exact) mass is 1030 g/mol. The molecule has 0 bridgehead atoms. The number of nitrogens with two attached hydrogens (primary N) is 1. The number of thiol groups is 1. The lowest BCUT2D eigenvalue weighted by atomic mass is 10.3. The van der Waals surface area contributed by atoms with Gasteiger partial charge in [0.25, 0.3) is 0 Å². The van der Waals surface area contributed by atoms with Crippen LogP contribution in [0.25, 0.3) is 0 Å². The largest absolute Gasteiger partial charge is 0.515 e. The molecule has 1 heterocycles. The predicted molar refractivity (Wildman–Crippen MR) is 276 cm³/mol. The molecular weight excluding hydrogens is 962 g/mol. The van der Waals surface area contributed by atoms with Gasteiger partial charge in [0, 0.05) is 31.2 Å². The normalized spacial score (nSPS) is 13.3. The van der Waals surface area contributed by atoms with Gasteiger partial charge in [-0.05, 0) is 93.6 Å². The molecule has 0 unspecified atom stereocenters. The van der Waals surface area contributed by atoms with Gasteiger partial charge in [0.15, 0.2) is 0 Å². The van der Waals surface area contributed by atoms with E-state index in [1.807, 2.05) is 67.6 Å². The molecule has 1 aliphatic rings. The summed E-state index contributed by atoms with van der Waals surface area (Å²) in [5, 5.41) is 22.7. The number of aliphatic hydroxyl groups excluding tert-OH is 2. The number of hydrogen-bond donors (Lipinski definition) is 6. The van der Waals surface area contributed by atoms with Crippen LogP contribution in [-0.4, -0.2) is 71.9 Å². The van der Waals surface area contributed by atoms with E-state index in [1.54, 1.807) is 140 Å². The van der Waals surface area contributed by atoms with Gasteiger partial charge in [0.1, 0.15) is 34.5 Å². The fraction of sp³-hybridized carbons (Fsp3) is 0.265. The van der Waals surface area contributed by atoms with Crippen molar-refractivity contribution in [1.82, 2.24) is 14.8 Å². The second-order valence-corrected chi connectivity index (χ2v) is 20.1. The number of rotatable bonds is 22. The molecule has 0 spiro atoms. The average Bonchev–Trinajstić information content (AvgIpc) is 4.20. The zero-order valence-corrected chi connectivity index (χ0v) is 41.7. The molecule has 69 heavy (non-hydrogen) atoms. The van der Waals surface area contributed by atoms with Gasteiger partial charge in [-0.2, -0.15) is 27.5 Å². The van der Waals surface area contributed by atoms with Gasteiger partial charge in [-0.15, -0.1) is 0 Å². The Balaban J connectivity index is 0.000000260. The van der Waals surface area contributed by atoms with E-state index in [-0.39, 0.29) is 38.7 Å². The molecular formula is C49H65N4O12P3S. The summed E-state index contributed by atoms with van der Waals surface area (Å²) in [5.41, 5.74) is 5.04.